The first kappa shape index (κ1) is 14.2. The molecule has 0 aliphatic carbocycles. The zero-order valence-corrected chi connectivity index (χ0v) is 10.9. The number of carbonyl (C=O) groups is 1. The van der Waals surface area contributed by atoms with Crippen molar-refractivity contribution >= 4 is 11.8 Å². The van der Waals surface area contributed by atoms with Gasteiger partial charge in [-0.05, 0) is 27.2 Å². The molecule has 0 aliphatic heterocycles. The quantitative estimate of drug-likeness (QED) is 0.771. The van der Waals surface area contributed by atoms with Gasteiger partial charge in [0, 0.05) is 18.5 Å². The Bertz CT molecular complexity index is 410. The number of aromatic nitrogens is 2. The van der Waals surface area contributed by atoms with E-state index in [4.69, 9.17) is 9.84 Å². The summed E-state index contributed by atoms with van der Waals surface area (Å²) in [5.74, 6) is 1.01. The third kappa shape index (κ3) is 4.99. The molecule has 6 heteroatoms. The zero-order chi connectivity index (χ0) is 13.5. The molecule has 6 nitrogen and oxygen atoms in total. The monoisotopic (exact) mass is 253 g/mol. The van der Waals surface area contributed by atoms with Crippen LogP contribution in [-0.2, 0) is 4.79 Å². The van der Waals surface area contributed by atoms with Gasteiger partial charge in [-0.25, -0.2) is 4.98 Å². The molecule has 1 atom stereocenters. The number of carboxylic acids is 1. The van der Waals surface area contributed by atoms with E-state index in [9.17, 15) is 4.79 Å². The van der Waals surface area contributed by atoms with Crippen LogP contribution in [0.3, 0.4) is 0 Å². The molecule has 1 rings (SSSR count). The van der Waals surface area contributed by atoms with Gasteiger partial charge in [0.05, 0.1) is 6.61 Å². The van der Waals surface area contributed by atoms with Gasteiger partial charge >= 0.3 is 5.97 Å². The summed E-state index contributed by atoms with van der Waals surface area (Å²) in [7, 11) is 0. The second kappa shape index (κ2) is 6.78. The molecule has 1 aromatic rings. The molecule has 0 radical (unpaired) electrons. The van der Waals surface area contributed by atoms with Crippen LogP contribution < -0.4 is 10.1 Å². The van der Waals surface area contributed by atoms with Crippen LogP contribution in [0.4, 0.5) is 5.82 Å². The molecule has 0 spiro atoms. The van der Waals surface area contributed by atoms with Gasteiger partial charge in [-0.3, -0.25) is 4.79 Å². The Kier molecular flexibility index (Phi) is 5.35. The van der Waals surface area contributed by atoms with Crippen molar-refractivity contribution in [2.45, 2.75) is 39.7 Å². The highest BCUT2D eigenvalue weighted by atomic mass is 16.5. The second-order valence-electron chi connectivity index (χ2n) is 4.05. The first-order valence-corrected chi connectivity index (χ1v) is 5.98. The highest BCUT2D eigenvalue weighted by Crippen LogP contribution is 2.15. The van der Waals surface area contributed by atoms with E-state index in [-0.39, 0.29) is 12.5 Å². The Morgan fingerprint density at radius 1 is 1.56 bits per heavy atom. The zero-order valence-electron chi connectivity index (χ0n) is 10.9. The van der Waals surface area contributed by atoms with Gasteiger partial charge in [-0.2, -0.15) is 4.98 Å². The van der Waals surface area contributed by atoms with Crippen molar-refractivity contribution < 1.29 is 14.6 Å². The number of aryl methyl sites for hydroxylation is 1. The number of ether oxygens (including phenoxy) is 1. The fourth-order valence-corrected chi connectivity index (χ4v) is 1.50. The Balaban J connectivity index is 2.62. The fraction of sp³-hybridized carbons (Fsp3) is 0.583. The maximum Gasteiger partial charge on any atom is 0.303 e. The van der Waals surface area contributed by atoms with E-state index in [2.05, 4.69) is 15.3 Å². The Morgan fingerprint density at radius 2 is 2.28 bits per heavy atom. The van der Waals surface area contributed by atoms with Crippen molar-refractivity contribution in [3.63, 3.8) is 0 Å². The van der Waals surface area contributed by atoms with Gasteiger partial charge in [0.2, 0.25) is 5.88 Å². The number of hydrogen-bond donors (Lipinski definition) is 2. The Hall–Kier alpha value is -1.85. The van der Waals surface area contributed by atoms with Gasteiger partial charge in [0.1, 0.15) is 11.6 Å². The molecule has 0 saturated carbocycles. The molecule has 0 aliphatic rings. The third-order valence-electron chi connectivity index (χ3n) is 2.29. The summed E-state index contributed by atoms with van der Waals surface area (Å²) in [4.78, 5) is 18.8. The van der Waals surface area contributed by atoms with E-state index in [1.807, 2.05) is 13.8 Å². The van der Waals surface area contributed by atoms with Crippen LogP contribution in [0.5, 0.6) is 5.88 Å². The first-order chi connectivity index (χ1) is 8.51. The molecule has 0 saturated heterocycles. The lowest BCUT2D eigenvalue weighted by atomic mass is 10.2. The lowest BCUT2D eigenvalue weighted by Crippen LogP contribution is -2.18. The molecular formula is C12H19N3O3. The van der Waals surface area contributed by atoms with E-state index in [1.54, 1.807) is 13.0 Å². The van der Waals surface area contributed by atoms with E-state index < -0.39 is 5.97 Å². The topological polar surface area (TPSA) is 84.3 Å². The summed E-state index contributed by atoms with van der Waals surface area (Å²) in [6.07, 6.45) is 0.679. The minimum atomic E-state index is -0.794. The van der Waals surface area contributed by atoms with E-state index >= 15 is 0 Å². The van der Waals surface area contributed by atoms with Gasteiger partial charge in [-0.1, -0.05) is 0 Å². The summed E-state index contributed by atoms with van der Waals surface area (Å²) >= 11 is 0. The molecule has 18 heavy (non-hydrogen) atoms. The lowest BCUT2D eigenvalue weighted by molar-refractivity contribution is -0.137. The molecule has 0 aromatic carbocycles. The molecule has 0 bridgehead atoms. The number of nitrogens with one attached hydrogen (secondary N) is 1. The largest absolute Gasteiger partial charge is 0.481 e. The average Bonchev–Trinajstić information content (AvgIpc) is 2.26. The molecule has 1 aromatic heterocycles. The molecule has 0 fully saturated rings. The highest BCUT2D eigenvalue weighted by molar-refractivity contribution is 5.66. The average molecular weight is 253 g/mol. The summed E-state index contributed by atoms with van der Waals surface area (Å²) in [6, 6.07) is 1.75. The SMILES string of the molecule is CCOc1cc(NC(C)CCC(=O)O)nc(C)n1. The smallest absolute Gasteiger partial charge is 0.303 e. The van der Waals surface area contributed by atoms with Gasteiger partial charge in [0.15, 0.2) is 0 Å². The molecule has 0 amide bonds. The van der Waals surface area contributed by atoms with Crippen molar-refractivity contribution in [3.05, 3.63) is 11.9 Å². The molecule has 1 heterocycles. The first-order valence-electron chi connectivity index (χ1n) is 5.98. The predicted molar refractivity (Wildman–Crippen MR) is 67.9 cm³/mol. The molecule has 2 N–H and O–H groups in total. The number of aliphatic carboxylic acids is 1. The fourth-order valence-electron chi connectivity index (χ4n) is 1.50. The second-order valence-corrected chi connectivity index (χ2v) is 4.05. The van der Waals surface area contributed by atoms with E-state index in [0.717, 1.165) is 0 Å². The number of nitrogens with zero attached hydrogens (tertiary/aromatic N) is 2. The standard InChI is InChI=1S/C12H19N3O3/c1-4-18-11-7-10(14-9(3)15-11)13-8(2)5-6-12(16)17/h7-8H,4-6H2,1-3H3,(H,16,17)(H,13,14,15). The van der Waals surface area contributed by atoms with Gasteiger partial charge < -0.3 is 15.2 Å². The van der Waals surface area contributed by atoms with Crippen LogP contribution in [-0.4, -0.2) is 33.7 Å². The van der Waals surface area contributed by atoms with Gasteiger partial charge in [-0.15, -0.1) is 0 Å². The van der Waals surface area contributed by atoms with Crippen LogP contribution >= 0.6 is 0 Å². The maximum absolute atomic E-state index is 10.5. The van der Waals surface area contributed by atoms with Crippen molar-refractivity contribution in [1.29, 1.82) is 0 Å². The van der Waals surface area contributed by atoms with Gasteiger partial charge in [0.25, 0.3) is 0 Å². The Morgan fingerprint density at radius 3 is 2.89 bits per heavy atom. The van der Waals surface area contributed by atoms with E-state index in [1.165, 1.54) is 0 Å². The van der Waals surface area contributed by atoms with Crippen molar-refractivity contribution in [3.8, 4) is 5.88 Å². The minimum Gasteiger partial charge on any atom is -0.481 e. The molecule has 100 valence electrons. The molecule has 1 unspecified atom stereocenters. The van der Waals surface area contributed by atoms with Crippen molar-refractivity contribution in [1.82, 2.24) is 9.97 Å². The maximum atomic E-state index is 10.5. The van der Waals surface area contributed by atoms with Crippen LogP contribution in [0.1, 0.15) is 32.5 Å². The number of carboxylic acid groups (broad SMARTS) is 1. The Labute approximate surface area is 106 Å². The number of anilines is 1. The van der Waals surface area contributed by atoms with Crippen LogP contribution in [0.15, 0.2) is 6.07 Å². The molecular weight excluding hydrogens is 234 g/mol. The normalized spacial score (nSPS) is 11.9. The van der Waals surface area contributed by atoms with E-state index in [0.29, 0.717) is 30.5 Å². The summed E-state index contributed by atoms with van der Waals surface area (Å²) in [5, 5.41) is 11.8. The van der Waals surface area contributed by atoms with Crippen molar-refractivity contribution in [2.24, 2.45) is 0 Å². The third-order valence-corrected chi connectivity index (χ3v) is 2.29. The number of rotatable bonds is 7. The van der Waals surface area contributed by atoms with Crippen molar-refractivity contribution in [2.75, 3.05) is 11.9 Å². The highest BCUT2D eigenvalue weighted by Gasteiger charge is 2.08. The summed E-state index contributed by atoms with van der Waals surface area (Å²) in [6.45, 7) is 6.14. The summed E-state index contributed by atoms with van der Waals surface area (Å²) in [5.41, 5.74) is 0. The lowest BCUT2D eigenvalue weighted by Gasteiger charge is -2.14. The minimum absolute atomic E-state index is 0.0323. The van der Waals surface area contributed by atoms with Crippen LogP contribution in [0.2, 0.25) is 0 Å². The van der Waals surface area contributed by atoms with Crippen LogP contribution in [0, 0.1) is 6.92 Å². The van der Waals surface area contributed by atoms with Crippen LogP contribution in [0.25, 0.3) is 0 Å². The summed E-state index contributed by atoms with van der Waals surface area (Å²) < 4.78 is 5.32. The predicted octanol–water partition coefficient (Wildman–Crippen LogP) is 1.85. The number of hydrogen-bond acceptors (Lipinski definition) is 5.